The van der Waals surface area contributed by atoms with Crippen LogP contribution in [0, 0.1) is 0 Å². The summed E-state index contributed by atoms with van der Waals surface area (Å²) in [5.41, 5.74) is 9.09. The lowest BCUT2D eigenvalue weighted by molar-refractivity contribution is -0.153. The number of nitrogens with two attached hydrogens (primary N) is 1. The van der Waals surface area contributed by atoms with Crippen LogP contribution in [-0.2, 0) is 11.2 Å². The van der Waals surface area contributed by atoms with E-state index in [-0.39, 0.29) is 11.6 Å². The Morgan fingerprint density at radius 1 is 1.19 bits per heavy atom. The van der Waals surface area contributed by atoms with Crippen molar-refractivity contribution < 1.29 is 9.47 Å². The summed E-state index contributed by atoms with van der Waals surface area (Å²) in [6, 6.07) is 6.70. The Hall–Kier alpha value is -1.06. The fourth-order valence-electron chi connectivity index (χ4n) is 4.08. The topological polar surface area (TPSA) is 44.5 Å². The SMILES string of the molecule is N[C@@H]1CCCc2ccc(OC3CCOC4(CCC4)C3)cc21. The van der Waals surface area contributed by atoms with Crippen molar-refractivity contribution in [2.45, 2.75) is 69.1 Å². The third-order valence-corrected chi connectivity index (χ3v) is 5.49. The molecule has 1 heterocycles. The lowest BCUT2D eigenvalue weighted by atomic mass is 9.74. The minimum atomic E-state index is 0.146. The van der Waals surface area contributed by atoms with E-state index < -0.39 is 0 Å². The van der Waals surface area contributed by atoms with Gasteiger partial charge in [0.2, 0.25) is 0 Å². The molecule has 2 atom stereocenters. The maximum absolute atomic E-state index is 6.27. The van der Waals surface area contributed by atoms with Crippen LogP contribution in [0.4, 0.5) is 0 Å². The van der Waals surface area contributed by atoms with Gasteiger partial charge in [-0.2, -0.15) is 0 Å². The van der Waals surface area contributed by atoms with Crippen molar-refractivity contribution in [1.82, 2.24) is 0 Å². The monoisotopic (exact) mass is 287 g/mol. The highest BCUT2D eigenvalue weighted by Gasteiger charge is 2.43. The van der Waals surface area contributed by atoms with Gasteiger partial charge in [0.15, 0.2) is 0 Å². The minimum Gasteiger partial charge on any atom is -0.490 e. The number of hydrogen-bond acceptors (Lipinski definition) is 3. The predicted molar refractivity (Wildman–Crippen MR) is 82.5 cm³/mol. The minimum absolute atomic E-state index is 0.146. The second-order valence-electron chi connectivity index (χ2n) is 6.98. The third kappa shape index (κ3) is 2.58. The molecular weight excluding hydrogens is 262 g/mol. The van der Waals surface area contributed by atoms with Crippen molar-refractivity contribution in [2.24, 2.45) is 5.73 Å². The van der Waals surface area contributed by atoms with Crippen molar-refractivity contribution in [3.05, 3.63) is 29.3 Å². The molecule has 3 heteroatoms. The Morgan fingerprint density at radius 3 is 2.90 bits per heavy atom. The summed E-state index contributed by atoms with van der Waals surface area (Å²) in [5, 5.41) is 0. The predicted octanol–water partition coefficient (Wildman–Crippen LogP) is 3.50. The molecule has 1 saturated heterocycles. The van der Waals surface area contributed by atoms with Gasteiger partial charge in [-0.15, -0.1) is 0 Å². The van der Waals surface area contributed by atoms with Crippen LogP contribution in [0.1, 0.15) is 62.1 Å². The maximum atomic E-state index is 6.27. The molecule has 4 rings (SSSR count). The zero-order chi connectivity index (χ0) is 14.3. The average molecular weight is 287 g/mol. The van der Waals surface area contributed by atoms with E-state index in [4.69, 9.17) is 15.2 Å². The lowest BCUT2D eigenvalue weighted by Crippen LogP contribution is -2.48. The van der Waals surface area contributed by atoms with Gasteiger partial charge in [-0.3, -0.25) is 0 Å². The van der Waals surface area contributed by atoms with Crippen molar-refractivity contribution >= 4 is 0 Å². The number of hydrogen-bond donors (Lipinski definition) is 1. The second-order valence-corrected chi connectivity index (χ2v) is 6.98. The molecule has 2 fully saturated rings. The van der Waals surface area contributed by atoms with Crippen molar-refractivity contribution in [3.8, 4) is 5.75 Å². The number of fused-ring (bicyclic) bond motifs is 1. The van der Waals surface area contributed by atoms with Gasteiger partial charge in [-0.1, -0.05) is 6.07 Å². The zero-order valence-corrected chi connectivity index (χ0v) is 12.6. The van der Waals surface area contributed by atoms with Crippen LogP contribution in [-0.4, -0.2) is 18.3 Å². The first-order chi connectivity index (χ1) is 10.2. The Labute approximate surface area is 126 Å². The zero-order valence-electron chi connectivity index (χ0n) is 12.6. The molecule has 2 aliphatic carbocycles. The third-order valence-electron chi connectivity index (χ3n) is 5.49. The van der Waals surface area contributed by atoms with Crippen molar-refractivity contribution in [1.29, 1.82) is 0 Å². The highest BCUT2D eigenvalue weighted by Crippen LogP contribution is 2.43. The molecule has 1 aromatic carbocycles. The summed E-state index contributed by atoms with van der Waals surface area (Å²) in [5.74, 6) is 0.993. The van der Waals surface area contributed by atoms with Crippen LogP contribution in [0.2, 0.25) is 0 Å². The van der Waals surface area contributed by atoms with Gasteiger partial charge in [-0.25, -0.2) is 0 Å². The lowest BCUT2D eigenvalue weighted by Gasteiger charge is -2.46. The normalized spacial score (nSPS) is 30.5. The Kier molecular flexibility index (Phi) is 3.43. The number of aryl methyl sites for hydroxylation is 1. The van der Waals surface area contributed by atoms with Crippen LogP contribution in [0.3, 0.4) is 0 Å². The average Bonchev–Trinajstić information content (AvgIpc) is 2.47. The number of benzene rings is 1. The van der Waals surface area contributed by atoms with Crippen LogP contribution in [0.25, 0.3) is 0 Å². The van der Waals surface area contributed by atoms with Crippen LogP contribution in [0.15, 0.2) is 18.2 Å². The molecule has 0 bridgehead atoms. The van der Waals surface area contributed by atoms with Crippen molar-refractivity contribution in [2.75, 3.05) is 6.61 Å². The van der Waals surface area contributed by atoms with Crippen LogP contribution in [0.5, 0.6) is 5.75 Å². The molecule has 21 heavy (non-hydrogen) atoms. The smallest absolute Gasteiger partial charge is 0.120 e. The summed E-state index contributed by atoms with van der Waals surface area (Å²) in [4.78, 5) is 0. The van der Waals surface area contributed by atoms with E-state index in [2.05, 4.69) is 18.2 Å². The highest BCUT2D eigenvalue weighted by atomic mass is 16.5. The van der Waals surface area contributed by atoms with Gasteiger partial charge in [0, 0.05) is 18.9 Å². The van der Waals surface area contributed by atoms with Gasteiger partial charge in [0.1, 0.15) is 11.9 Å². The Morgan fingerprint density at radius 2 is 2.10 bits per heavy atom. The van der Waals surface area contributed by atoms with E-state index in [0.717, 1.165) is 38.0 Å². The highest BCUT2D eigenvalue weighted by molar-refractivity contribution is 5.39. The van der Waals surface area contributed by atoms with Gasteiger partial charge in [-0.05, 0) is 61.8 Å². The van der Waals surface area contributed by atoms with Gasteiger partial charge >= 0.3 is 0 Å². The van der Waals surface area contributed by atoms with Crippen LogP contribution >= 0.6 is 0 Å². The van der Waals surface area contributed by atoms with Gasteiger partial charge in [0.05, 0.1) is 12.2 Å². The molecule has 0 amide bonds. The first-order valence-corrected chi connectivity index (χ1v) is 8.43. The number of rotatable bonds is 2. The standard InChI is InChI=1S/C18H25NO2/c19-17-4-1-3-13-5-6-14(11-16(13)17)21-15-7-10-20-18(12-15)8-2-9-18/h5-6,11,15,17H,1-4,7-10,12,19H2/t15?,17-/m1/s1. The molecular formula is C18H25NO2. The molecule has 3 aliphatic rings. The molecule has 1 aliphatic heterocycles. The molecule has 1 unspecified atom stereocenters. The molecule has 114 valence electrons. The molecule has 0 aromatic heterocycles. The van der Waals surface area contributed by atoms with E-state index in [0.29, 0.717) is 6.10 Å². The van der Waals surface area contributed by atoms with Crippen LogP contribution < -0.4 is 10.5 Å². The largest absolute Gasteiger partial charge is 0.490 e. The number of ether oxygens (including phenoxy) is 2. The van der Waals surface area contributed by atoms with Gasteiger partial charge in [0.25, 0.3) is 0 Å². The molecule has 2 N–H and O–H groups in total. The van der Waals surface area contributed by atoms with E-state index >= 15 is 0 Å². The summed E-state index contributed by atoms with van der Waals surface area (Å²) >= 11 is 0. The first kappa shape index (κ1) is 13.6. The fourth-order valence-corrected chi connectivity index (χ4v) is 4.08. The molecule has 1 saturated carbocycles. The van der Waals surface area contributed by atoms with Gasteiger partial charge < -0.3 is 15.2 Å². The summed E-state index contributed by atoms with van der Waals surface area (Å²) in [7, 11) is 0. The maximum Gasteiger partial charge on any atom is 0.120 e. The van der Waals surface area contributed by atoms with E-state index in [9.17, 15) is 0 Å². The second kappa shape index (κ2) is 5.29. The van der Waals surface area contributed by atoms with E-state index in [1.165, 1.54) is 36.8 Å². The first-order valence-electron chi connectivity index (χ1n) is 8.43. The summed E-state index contributed by atoms with van der Waals surface area (Å²) in [6.07, 6.45) is 9.54. The molecule has 0 radical (unpaired) electrons. The Bertz CT molecular complexity index is 524. The molecule has 1 aromatic rings. The fraction of sp³-hybridized carbons (Fsp3) is 0.667. The quantitative estimate of drug-likeness (QED) is 0.905. The summed E-state index contributed by atoms with van der Waals surface area (Å²) < 4.78 is 12.2. The Balaban J connectivity index is 1.48. The van der Waals surface area contributed by atoms with E-state index in [1.54, 1.807) is 0 Å². The summed E-state index contributed by atoms with van der Waals surface area (Å²) in [6.45, 7) is 0.842. The molecule has 1 spiro atoms. The van der Waals surface area contributed by atoms with Crippen molar-refractivity contribution in [3.63, 3.8) is 0 Å². The van der Waals surface area contributed by atoms with E-state index in [1.807, 2.05) is 0 Å². The molecule has 3 nitrogen and oxygen atoms in total.